The minimum absolute atomic E-state index is 0.0430. The quantitative estimate of drug-likeness (QED) is 0.777. The predicted molar refractivity (Wildman–Crippen MR) is 106 cm³/mol. The Morgan fingerprint density at radius 2 is 1.93 bits per heavy atom. The van der Waals surface area contributed by atoms with Gasteiger partial charge in [0.25, 0.3) is 0 Å². The van der Waals surface area contributed by atoms with Gasteiger partial charge in [-0.1, -0.05) is 19.9 Å². The standard InChI is InChI=1S/C20H26N4O4/c1-12(2)15-11-28-20(25)24(15)18-8-9-21-19(23-18)22-13(3)14-6-7-16(26-4)17(10-14)27-5/h6-10,12-13,15H,11H2,1-5H3,(H,21,22,23)/t13?,15-/m1/s1. The lowest BCUT2D eigenvalue weighted by molar-refractivity contribution is 0.177. The molecule has 150 valence electrons. The van der Waals surface area contributed by atoms with Crippen LogP contribution in [-0.4, -0.2) is 42.9 Å². The van der Waals surface area contributed by atoms with E-state index in [2.05, 4.69) is 29.1 Å². The van der Waals surface area contributed by atoms with Crippen LogP contribution >= 0.6 is 0 Å². The number of amides is 1. The topological polar surface area (TPSA) is 85.8 Å². The molecule has 1 aromatic heterocycles. The van der Waals surface area contributed by atoms with E-state index >= 15 is 0 Å². The molecule has 2 aromatic rings. The molecular formula is C20H26N4O4. The van der Waals surface area contributed by atoms with Gasteiger partial charge in [0.2, 0.25) is 5.95 Å². The molecule has 8 nitrogen and oxygen atoms in total. The molecule has 1 amide bonds. The number of carbonyl (C=O) groups is 1. The van der Waals surface area contributed by atoms with E-state index in [9.17, 15) is 4.79 Å². The summed E-state index contributed by atoms with van der Waals surface area (Å²) in [6.45, 7) is 6.47. The molecule has 1 fully saturated rings. The number of anilines is 2. The first-order valence-electron chi connectivity index (χ1n) is 9.22. The van der Waals surface area contributed by atoms with Crippen LogP contribution in [0.2, 0.25) is 0 Å². The van der Waals surface area contributed by atoms with E-state index in [1.54, 1.807) is 31.4 Å². The summed E-state index contributed by atoms with van der Waals surface area (Å²) in [5.41, 5.74) is 0.993. The van der Waals surface area contributed by atoms with Crippen molar-refractivity contribution in [3.63, 3.8) is 0 Å². The van der Waals surface area contributed by atoms with Gasteiger partial charge in [-0.3, -0.25) is 4.90 Å². The van der Waals surface area contributed by atoms with Crippen molar-refractivity contribution < 1.29 is 19.0 Å². The maximum Gasteiger partial charge on any atom is 0.415 e. The van der Waals surface area contributed by atoms with Crippen molar-refractivity contribution in [1.29, 1.82) is 0 Å². The summed E-state index contributed by atoms with van der Waals surface area (Å²) < 4.78 is 15.9. The number of cyclic esters (lactones) is 1. The summed E-state index contributed by atoms with van der Waals surface area (Å²) in [6, 6.07) is 7.31. The van der Waals surface area contributed by atoms with E-state index in [4.69, 9.17) is 14.2 Å². The van der Waals surface area contributed by atoms with Crippen molar-refractivity contribution in [3.05, 3.63) is 36.0 Å². The Morgan fingerprint density at radius 1 is 1.18 bits per heavy atom. The van der Waals surface area contributed by atoms with Crippen LogP contribution < -0.4 is 19.7 Å². The van der Waals surface area contributed by atoms with Crippen LogP contribution in [0.1, 0.15) is 32.4 Å². The molecule has 1 saturated heterocycles. The number of benzene rings is 1. The number of rotatable bonds is 7. The lowest BCUT2D eigenvalue weighted by Gasteiger charge is -2.24. The average Bonchev–Trinajstić information content (AvgIpc) is 3.09. The molecule has 3 rings (SSSR count). The van der Waals surface area contributed by atoms with Crippen molar-refractivity contribution in [2.75, 3.05) is 31.0 Å². The second-order valence-corrected chi connectivity index (χ2v) is 6.98. The zero-order valence-electron chi connectivity index (χ0n) is 16.8. The number of nitrogens with zero attached hydrogens (tertiary/aromatic N) is 3. The summed E-state index contributed by atoms with van der Waals surface area (Å²) in [7, 11) is 3.21. The van der Waals surface area contributed by atoms with Gasteiger partial charge in [0.05, 0.1) is 26.3 Å². The van der Waals surface area contributed by atoms with Crippen molar-refractivity contribution in [2.45, 2.75) is 32.9 Å². The van der Waals surface area contributed by atoms with Crippen LogP contribution in [0.25, 0.3) is 0 Å². The van der Waals surface area contributed by atoms with Gasteiger partial charge in [-0.05, 0) is 36.6 Å². The Labute approximate surface area is 164 Å². The van der Waals surface area contributed by atoms with E-state index in [1.165, 1.54) is 0 Å². The van der Waals surface area contributed by atoms with Crippen molar-refractivity contribution in [2.24, 2.45) is 5.92 Å². The lowest BCUT2D eigenvalue weighted by Crippen LogP contribution is -2.37. The van der Waals surface area contributed by atoms with Gasteiger partial charge < -0.3 is 19.5 Å². The molecule has 2 heterocycles. The van der Waals surface area contributed by atoms with Crippen molar-refractivity contribution in [3.8, 4) is 11.5 Å². The molecular weight excluding hydrogens is 360 g/mol. The van der Waals surface area contributed by atoms with E-state index < -0.39 is 0 Å². The summed E-state index contributed by atoms with van der Waals surface area (Å²) in [4.78, 5) is 22.6. The molecule has 1 aromatic carbocycles. The first-order chi connectivity index (χ1) is 13.4. The van der Waals surface area contributed by atoms with Crippen LogP contribution in [0, 0.1) is 5.92 Å². The van der Waals surface area contributed by atoms with Crippen LogP contribution in [0.4, 0.5) is 16.6 Å². The number of hydrogen-bond donors (Lipinski definition) is 1. The maximum atomic E-state index is 12.2. The molecule has 8 heteroatoms. The zero-order chi connectivity index (χ0) is 20.3. The first-order valence-corrected chi connectivity index (χ1v) is 9.22. The van der Waals surface area contributed by atoms with Crippen molar-refractivity contribution >= 4 is 17.9 Å². The predicted octanol–water partition coefficient (Wildman–Crippen LogP) is 3.65. The highest BCUT2D eigenvalue weighted by Gasteiger charge is 2.37. The first kappa shape index (κ1) is 19.7. The van der Waals surface area contributed by atoms with Gasteiger partial charge >= 0.3 is 6.09 Å². The summed E-state index contributed by atoms with van der Waals surface area (Å²) in [5, 5.41) is 3.27. The maximum absolute atomic E-state index is 12.2. The minimum atomic E-state index is -0.378. The molecule has 1 aliphatic heterocycles. The van der Waals surface area contributed by atoms with Gasteiger partial charge in [0.15, 0.2) is 11.5 Å². The molecule has 0 radical (unpaired) electrons. The molecule has 2 atom stereocenters. The molecule has 0 aliphatic carbocycles. The van der Waals surface area contributed by atoms with Gasteiger partial charge in [-0.25, -0.2) is 9.78 Å². The van der Waals surface area contributed by atoms with Gasteiger partial charge in [0.1, 0.15) is 12.4 Å². The van der Waals surface area contributed by atoms with Gasteiger partial charge in [-0.2, -0.15) is 4.98 Å². The Kier molecular flexibility index (Phi) is 5.87. The summed E-state index contributed by atoms with van der Waals surface area (Å²) in [5.74, 6) is 2.54. The Balaban J connectivity index is 1.80. The van der Waals surface area contributed by atoms with Crippen molar-refractivity contribution in [1.82, 2.24) is 9.97 Å². The fourth-order valence-corrected chi connectivity index (χ4v) is 3.14. The lowest BCUT2D eigenvalue weighted by atomic mass is 10.0. The van der Waals surface area contributed by atoms with E-state index in [0.717, 1.165) is 5.56 Å². The summed E-state index contributed by atoms with van der Waals surface area (Å²) in [6.07, 6.45) is 1.26. The highest BCUT2D eigenvalue weighted by atomic mass is 16.6. The largest absolute Gasteiger partial charge is 0.493 e. The third-order valence-corrected chi connectivity index (χ3v) is 4.82. The number of ether oxygens (including phenoxy) is 3. The van der Waals surface area contributed by atoms with E-state index in [1.807, 2.05) is 25.1 Å². The zero-order valence-corrected chi connectivity index (χ0v) is 16.8. The number of carbonyl (C=O) groups excluding carboxylic acids is 1. The number of aromatic nitrogens is 2. The number of methoxy groups -OCH3 is 2. The van der Waals surface area contributed by atoms with Gasteiger partial charge in [0, 0.05) is 6.20 Å². The van der Waals surface area contributed by atoms with E-state index in [-0.39, 0.29) is 24.1 Å². The third-order valence-electron chi connectivity index (χ3n) is 4.82. The molecule has 0 spiro atoms. The van der Waals surface area contributed by atoms with Crippen LogP contribution in [0.3, 0.4) is 0 Å². The fourth-order valence-electron chi connectivity index (χ4n) is 3.14. The minimum Gasteiger partial charge on any atom is -0.493 e. The second-order valence-electron chi connectivity index (χ2n) is 6.98. The fraction of sp³-hybridized carbons (Fsp3) is 0.450. The molecule has 1 N–H and O–H groups in total. The number of nitrogens with one attached hydrogen (secondary N) is 1. The van der Waals surface area contributed by atoms with E-state index in [0.29, 0.717) is 29.9 Å². The second kappa shape index (κ2) is 8.33. The Morgan fingerprint density at radius 3 is 2.61 bits per heavy atom. The highest BCUT2D eigenvalue weighted by Crippen LogP contribution is 2.31. The SMILES string of the molecule is COc1ccc(C(C)Nc2nccc(N3C(=O)OC[C@@H]3C(C)C)n2)cc1OC. The third kappa shape index (κ3) is 3.95. The normalized spacial score (nSPS) is 17.4. The highest BCUT2D eigenvalue weighted by molar-refractivity contribution is 5.89. The van der Waals surface area contributed by atoms with Crippen LogP contribution in [-0.2, 0) is 4.74 Å². The Hall–Kier alpha value is -3.03. The van der Waals surface area contributed by atoms with Gasteiger partial charge in [-0.15, -0.1) is 0 Å². The molecule has 0 saturated carbocycles. The molecule has 1 aliphatic rings. The molecule has 1 unspecified atom stereocenters. The smallest absolute Gasteiger partial charge is 0.415 e. The summed E-state index contributed by atoms with van der Waals surface area (Å²) >= 11 is 0. The average molecular weight is 386 g/mol. The monoisotopic (exact) mass is 386 g/mol. The molecule has 0 bridgehead atoms. The number of hydrogen-bond acceptors (Lipinski definition) is 7. The molecule has 28 heavy (non-hydrogen) atoms. The Bertz CT molecular complexity index is 843. The van der Waals surface area contributed by atoms with Crippen LogP contribution in [0.5, 0.6) is 11.5 Å². The van der Waals surface area contributed by atoms with Crippen LogP contribution in [0.15, 0.2) is 30.5 Å².